The van der Waals surface area contributed by atoms with E-state index in [1.54, 1.807) is 19.4 Å². The molecule has 0 aliphatic rings. The van der Waals surface area contributed by atoms with Crippen LogP contribution >= 0.6 is 15.9 Å². The van der Waals surface area contributed by atoms with Crippen LogP contribution in [0.5, 0.6) is 5.75 Å². The summed E-state index contributed by atoms with van der Waals surface area (Å²) in [7, 11) is 1.61. The number of hydrogen-bond donors (Lipinski definition) is 1. The molecule has 5 heteroatoms. The van der Waals surface area contributed by atoms with Crippen molar-refractivity contribution in [3.05, 3.63) is 70.2 Å². The van der Waals surface area contributed by atoms with Crippen molar-refractivity contribution in [2.45, 2.75) is 0 Å². The summed E-state index contributed by atoms with van der Waals surface area (Å²) < 4.78 is 6.03. The lowest BCUT2D eigenvalue weighted by atomic mass is 10.2. The number of ether oxygens (including phenoxy) is 1. The lowest BCUT2D eigenvalue weighted by Crippen LogP contribution is -2.14. The Morgan fingerprint density at radius 2 is 1.95 bits per heavy atom. The fourth-order valence-corrected chi connectivity index (χ4v) is 2.10. The second-order valence-electron chi connectivity index (χ2n) is 4.40. The van der Waals surface area contributed by atoms with Gasteiger partial charge in [0.05, 0.1) is 13.3 Å². The van der Waals surface area contributed by atoms with Gasteiger partial charge in [-0.2, -0.15) is 5.10 Å². The Morgan fingerprint density at radius 3 is 2.64 bits per heavy atom. The van der Waals surface area contributed by atoms with Gasteiger partial charge >= 0.3 is 0 Å². The Balaban J connectivity index is 1.88. The standard InChI is InChI=1S/C17H15BrN2O2/c1-22-16-8-5-13(6-9-16)7-10-17(21)20-19-12-14-3-2-4-15(18)11-14/h2-12H,1H3,(H,20,21)/b10-7+,19-12-. The number of nitrogens with zero attached hydrogens (tertiary/aromatic N) is 1. The first-order valence-corrected chi connectivity index (χ1v) is 7.37. The maximum Gasteiger partial charge on any atom is 0.264 e. The van der Waals surface area contributed by atoms with Crippen molar-refractivity contribution in [3.8, 4) is 5.75 Å². The van der Waals surface area contributed by atoms with Crippen LogP contribution in [-0.2, 0) is 4.79 Å². The van der Waals surface area contributed by atoms with E-state index in [2.05, 4.69) is 26.5 Å². The molecule has 0 fully saturated rings. The van der Waals surface area contributed by atoms with Gasteiger partial charge in [-0.3, -0.25) is 4.79 Å². The molecule has 0 spiro atoms. The van der Waals surface area contributed by atoms with Crippen LogP contribution in [0.3, 0.4) is 0 Å². The zero-order valence-electron chi connectivity index (χ0n) is 12.0. The van der Waals surface area contributed by atoms with E-state index in [0.29, 0.717) is 0 Å². The van der Waals surface area contributed by atoms with Crippen LogP contribution in [0.25, 0.3) is 6.08 Å². The maximum atomic E-state index is 11.7. The van der Waals surface area contributed by atoms with E-state index < -0.39 is 0 Å². The molecular formula is C17H15BrN2O2. The molecule has 0 heterocycles. The number of halogens is 1. The van der Waals surface area contributed by atoms with E-state index >= 15 is 0 Å². The molecule has 112 valence electrons. The third kappa shape index (κ3) is 5.18. The molecule has 2 rings (SSSR count). The third-order valence-electron chi connectivity index (χ3n) is 2.78. The molecule has 0 unspecified atom stereocenters. The van der Waals surface area contributed by atoms with Crippen molar-refractivity contribution in [2.24, 2.45) is 5.10 Å². The number of rotatable bonds is 5. The molecule has 0 bridgehead atoms. The number of nitrogens with one attached hydrogen (secondary N) is 1. The van der Waals surface area contributed by atoms with Crippen LogP contribution in [0.1, 0.15) is 11.1 Å². The fraction of sp³-hybridized carbons (Fsp3) is 0.0588. The third-order valence-corrected chi connectivity index (χ3v) is 3.27. The van der Waals surface area contributed by atoms with Crippen molar-refractivity contribution >= 4 is 34.1 Å². The van der Waals surface area contributed by atoms with Gasteiger partial charge in [-0.1, -0.05) is 40.2 Å². The number of amides is 1. The minimum absolute atomic E-state index is 0.290. The van der Waals surface area contributed by atoms with Crippen LogP contribution in [0.15, 0.2) is 64.2 Å². The van der Waals surface area contributed by atoms with Gasteiger partial charge < -0.3 is 4.74 Å². The van der Waals surface area contributed by atoms with Crippen LogP contribution in [0.2, 0.25) is 0 Å². The van der Waals surface area contributed by atoms with E-state index in [4.69, 9.17) is 4.74 Å². The van der Waals surface area contributed by atoms with Crippen molar-refractivity contribution in [1.82, 2.24) is 5.43 Å². The summed E-state index contributed by atoms with van der Waals surface area (Å²) in [5.74, 6) is 0.488. The largest absolute Gasteiger partial charge is 0.497 e. The SMILES string of the molecule is COc1ccc(/C=C/C(=O)N/N=C\c2cccc(Br)c2)cc1. The highest BCUT2D eigenvalue weighted by atomic mass is 79.9. The molecule has 1 amide bonds. The predicted octanol–water partition coefficient (Wildman–Crippen LogP) is 3.62. The molecule has 0 aromatic heterocycles. The molecule has 0 saturated heterocycles. The summed E-state index contributed by atoms with van der Waals surface area (Å²) >= 11 is 3.37. The van der Waals surface area contributed by atoms with Crippen LogP contribution in [-0.4, -0.2) is 19.2 Å². The smallest absolute Gasteiger partial charge is 0.264 e. The molecule has 22 heavy (non-hydrogen) atoms. The Morgan fingerprint density at radius 1 is 1.18 bits per heavy atom. The van der Waals surface area contributed by atoms with Crippen LogP contribution < -0.4 is 10.2 Å². The van der Waals surface area contributed by atoms with Crippen molar-refractivity contribution in [3.63, 3.8) is 0 Å². The summed E-state index contributed by atoms with van der Waals surface area (Å²) in [5, 5.41) is 3.91. The topological polar surface area (TPSA) is 50.7 Å². The summed E-state index contributed by atoms with van der Waals surface area (Å²) in [6.45, 7) is 0. The predicted molar refractivity (Wildman–Crippen MR) is 91.9 cm³/mol. The molecule has 4 nitrogen and oxygen atoms in total. The van der Waals surface area contributed by atoms with E-state index in [0.717, 1.165) is 21.3 Å². The maximum absolute atomic E-state index is 11.7. The van der Waals surface area contributed by atoms with Crippen molar-refractivity contribution < 1.29 is 9.53 Å². The van der Waals surface area contributed by atoms with Gasteiger partial charge in [-0.25, -0.2) is 5.43 Å². The number of hydrogen-bond acceptors (Lipinski definition) is 3. The van der Waals surface area contributed by atoms with Crippen LogP contribution in [0, 0.1) is 0 Å². The molecule has 0 atom stereocenters. The Labute approximate surface area is 137 Å². The van der Waals surface area contributed by atoms with Gasteiger partial charge in [0, 0.05) is 10.5 Å². The second-order valence-corrected chi connectivity index (χ2v) is 5.31. The molecule has 2 aromatic rings. The zero-order chi connectivity index (χ0) is 15.8. The average Bonchev–Trinajstić information content (AvgIpc) is 2.53. The minimum atomic E-state index is -0.290. The quantitative estimate of drug-likeness (QED) is 0.504. The summed E-state index contributed by atoms with van der Waals surface area (Å²) in [6.07, 6.45) is 4.73. The Hall–Kier alpha value is -2.40. The highest BCUT2D eigenvalue weighted by molar-refractivity contribution is 9.10. The summed E-state index contributed by atoms with van der Waals surface area (Å²) in [5.41, 5.74) is 4.25. The van der Waals surface area contributed by atoms with Crippen molar-refractivity contribution in [2.75, 3.05) is 7.11 Å². The second kappa shape index (κ2) is 8.14. The first-order chi connectivity index (χ1) is 10.7. The number of hydrazone groups is 1. The molecule has 1 N–H and O–H groups in total. The van der Waals surface area contributed by atoms with Crippen molar-refractivity contribution in [1.29, 1.82) is 0 Å². The van der Waals surface area contributed by atoms with E-state index in [1.165, 1.54) is 6.08 Å². The van der Waals surface area contributed by atoms with Gasteiger partial charge in [-0.15, -0.1) is 0 Å². The first-order valence-electron chi connectivity index (χ1n) is 6.58. The Bertz CT molecular complexity index is 694. The molecule has 0 radical (unpaired) electrons. The van der Waals surface area contributed by atoms with Gasteiger partial charge in [0.1, 0.15) is 5.75 Å². The van der Waals surface area contributed by atoms with Gasteiger partial charge in [-0.05, 0) is 41.5 Å². The van der Waals surface area contributed by atoms with Gasteiger partial charge in [0.15, 0.2) is 0 Å². The molecule has 0 saturated carbocycles. The number of benzene rings is 2. The lowest BCUT2D eigenvalue weighted by Gasteiger charge is -1.99. The lowest BCUT2D eigenvalue weighted by molar-refractivity contribution is -0.116. The van der Waals surface area contributed by atoms with Gasteiger partial charge in [0.25, 0.3) is 5.91 Å². The van der Waals surface area contributed by atoms with E-state index in [9.17, 15) is 4.79 Å². The number of methoxy groups -OCH3 is 1. The van der Waals surface area contributed by atoms with Gasteiger partial charge in [0.2, 0.25) is 0 Å². The minimum Gasteiger partial charge on any atom is -0.497 e. The number of carbonyl (C=O) groups is 1. The normalized spacial score (nSPS) is 11.0. The Kier molecular flexibility index (Phi) is 5.91. The highest BCUT2D eigenvalue weighted by Gasteiger charge is 1.94. The number of carbonyl (C=O) groups excluding carboxylic acids is 1. The molecule has 0 aliphatic heterocycles. The fourth-order valence-electron chi connectivity index (χ4n) is 1.68. The summed E-state index contributed by atoms with van der Waals surface area (Å²) in [6, 6.07) is 15.0. The first kappa shape index (κ1) is 16.0. The van der Waals surface area contributed by atoms with E-state index in [-0.39, 0.29) is 5.91 Å². The highest BCUT2D eigenvalue weighted by Crippen LogP contribution is 2.12. The zero-order valence-corrected chi connectivity index (χ0v) is 13.6. The molecule has 0 aliphatic carbocycles. The van der Waals surface area contributed by atoms with E-state index in [1.807, 2.05) is 48.5 Å². The summed E-state index contributed by atoms with van der Waals surface area (Å²) in [4.78, 5) is 11.7. The molecular weight excluding hydrogens is 344 g/mol. The average molecular weight is 359 g/mol. The van der Waals surface area contributed by atoms with Crippen LogP contribution in [0.4, 0.5) is 0 Å². The molecule has 2 aromatic carbocycles. The monoisotopic (exact) mass is 358 g/mol.